The number of likely N-dealkylation sites (N-methyl/N-ethyl adjacent to an activating group) is 1. The zero-order chi connectivity index (χ0) is 19.3. The zero-order valence-electron chi connectivity index (χ0n) is 14.2. The first-order valence-electron chi connectivity index (χ1n) is 8.06. The number of carbonyl (C=O) groups is 1. The van der Waals surface area contributed by atoms with Gasteiger partial charge in [0.1, 0.15) is 5.70 Å². The lowest BCUT2D eigenvalue weighted by atomic mass is 10.0. The highest BCUT2D eigenvalue weighted by atomic mass is 79.9. The highest BCUT2D eigenvalue weighted by Gasteiger charge is 2.38. The number of aliphatic hydroxyl groups excluding tert-OH is 1. The number of allylic oxidation sites excluding steroid dienone is 1. The van der Waals surface area contributed by atoms with Crippen molar-refractivity contribution in [3.63, 3.8) is 0 Å². The number of Topliss-reactive ketones (excluding diaryl/α,β-unsaturated/α-hetero) is 1. The molecule has 0 spiro atoms. The van der Waals surface area contributed by atoms with Gasteiger partial charge in [-0.15, -0.1) is 0 Å². The van der Waals surface area contributed by atoms with E-state index < -0.39 is 15.8 Å². The van der Waals surface area contributed by atoms with Gasteiger partial charge in [0.05, 0.1) is 4.90 Å². The van der Waals surface area contributed by atoms with Gasteiger partial charge in [-0.3, -0.25) is 9.10 Å². The van der Waals surface area contributed by atoms with Crippen LogP contribution in [0, 0.1) is 0 Å². The maximum Gasteiger partial charge on any atom is 0.265 e. The third-order valence-corrected chi connectivity index (χ3v) is 6.89. The van der Waals surface area contributed by atoms with E-state index >= 15 is 0 Å². The van der Waals surface area contributed by atoms with Crippen LogP contribution >= 0.6 is 15.9 Å². The average molecular weight is 444 g/mol. The van der Waals surface area contributed by atoms with Gasteiger partial charge >= 0.3 is 0 Å². The van der Waals surface area contributed by atoms with Gasteiger partial charge in [-0.05, 0) is 35.0 Å². The molecular formula is C20H14BrNO4S. The van der Waals surface area contributed by atoms with Crippen LogP contribution in [0.3, 0.4) is 0 Å². The molecule has 3 aromatic carbocycles. The van der Waals surface area contributed by atoms with Crippen molar-refractivity contribution in [2.45, 2.75) is 4.90 Å². The number of rotatable bonds is 2. The van der Waals surface area contributed by atoms with Crippen LogP contribution in [0.25, 0.3) is 16.5 Å². The third kappa shape index (κ3) is 2.74. The lowest BCUT2D eigenvalue weighted by molar-refractivity contribution is 0.101. The Kier molecular flexibility index (Phi) is 4.09. The smallest absolute Gasteiger partial charge is 0.265 e. The van der Waals surface area contributed by atoms with E-state index in [1.165, 1.54) is 19.2 Å². The molecule has 4 rings (SSSR count). The van der Waals surface area contributed by atoms with Crippen molar-refractivity contribution in [2.75, 3.05) is 7.05 Å². The first-order valence-corrected chi connectivity index (χ1v) is 10.3. The van der Waals surface area contributed by atoms with E-state index in [-0.39, 0.29) is 21.9 Å². The molecule has 1 heterocycles. The Balaban J connectivity index is 1.92. The van der Waals surface area contributed by atoms with Crippen LogP contribution in [0.2, 0.25) is 0 Å². The lowest BCUT2D eigenvalue weighted by Crippen LogP contribution is -2.35. The molecule has 0 atom stereocenters. The van der Waals surface area contributed by atoms with E-state index in [2.05, 4.69) is 15.9 Å². The molecule has 0 aromatic heterocycles. The third-order valence-electron chi connectivity index (χ3n) is 4.60. The summed E-state index contributed by atoms with van der Waals surface area (Å²) in [6.07, 6.45) is 0. The largest absolute Gasteiger partial charge is 0.505 e. The number of carbonyl (C=O) groups excluding carboxylic acids is 1. The Morgan fingerprint density at radius 1 is 1.00 bits per heavy atom. The molecule has 0 fully saturated rings. The van der Waals surface area contributed by atoms with Crippen molar-refractivity contribution >= 4 is 48.3 Å². The number of hydrogen-bond donors (Lipinski definition) is 1. The van der Waals surface area contributed by atoms with Gasteiger partial charge in [-0.1, -0.05) is 52.3 Å². The van der Waals surface area contributed by atoms with Crippen LogP contribution in [0.4, 0.5) is 0 Å². The van der Waals surface area contributed by atoms with E-state index in [1.807, 2.05) is 24.3 Å². The van der Waals surface area contributed by atoms with Crippen molar-refractivity contribution in [1.82, 2.24) is 4.31 Å². The van der Waals surface area contributed by atoms with Crippen LogP contribution in [0.1, 0.15) is 15.9 Å². The summed E-state index contributed by atoms with van der Waals surface area (Å²) in [4.78, 5) is 13.0. The van der Waals surface area contributed by atoms with Crippen LogP contribution in [0.15, 0.2) is 75.7 Å². The zero-order valence-corrected chi connectivity index (χ0v) is 16.6. The summed E-state index contributed by atoms with van der Waals surface area (Å²) in [5.41, 5.74) is 0.151. The molecule has 136 valence electrons. The number of halogens is 1. The predicted octanol–water partition coefficient (Wildman–Crippen LogP) is 4.35. The summed E-state index contributed by atoms with van der Waals surface area (Å²) in [6.45, 7) is 0. The Labute approximate surface area is 164 Å². The van der Waals surface area contributed by atoms with Gasteiger partial charge < -0.3 is 5.11 Å². The molecule has 0 saturated heterocycles. The van der Waals surface area contributed by atoms with Gasteiger partial charge in [-0.25, -0.2) is 8.42 Å². The molecule has 1 aliphatic heterocycles. The van der Waals surface area contributed by atoms with E-state index in [1.54, 1.807) is 24.3 Å². The predicted molar refractivity (Wildman–Crippen MR) is 107 cm³/mol. The molecule has 5 nitrogen and oxygen atoms in total. The highest BCUT2D eigenvalue weighted by molar-refractivity contribution is 9.10. The summed E-state index contributed by atoms with van der Waals surface area (Å²) in [5, 5.41) is 12.5. The summed E-state index contributed by atoms with van der Waals surface area (Å²) in [6, 6.07) is 17.2. The fourth-order valence-corrected chi connectivity index (χ4v) is 5.10. The van der Waals surface area contributed by atoms with E-state index in [0.29, 0.717) is 10.0 Å². The van der Waals surface area contributed by atoms with Crippen LogP contribution in [-0.4, -0.2) is 30.7 Å². The summed E-state index contributed by atoms with van der Waals surface area (Å²) in [5.74, 6) is -0.911. The van der Waals surface area contributed by atoms with Crippen molar-refractivity contribution in [3.05, 3.63) is 82.0 Å². The molecule has 0 aliphatic carbocycles. The van der Waals surface area contributed by atoms with Crippen molar-refractivity contribution in [3.8, 4) is 0 Å². The molecule has 0 amide bonds. The number of fused-ring (bicyclic) bond motifs is 2. The molecule has 3 aromatic rings. The van der Waals surface area contributed by atoms with E-state index in [9.17, 15) is 18.3 Å². The minimum absolute atomic E-state index is 0.0491. The molecular weight excluding hydrogens is 430 g/mol. The van der Waals surface area contributed by atoms with Gasteiger partial charge in [0.2, 0.25) is 5.78 Å². The van der Waals surface area contributed by atoms with Gasteiger partial charge in [0.15, 0.2) is 5.76 Å². The van der Waals surface area contributed by atoms with Crippen molar-refractivity contribution in [1.29, 1.82) is 0 Å². The standard InChI is InChI=1S/C20H14BrNO4S/c1-22-18(19(23)14-7-6-12-4-2-3-5-13(12)10-14)20(24)16-9-8-15(21)11-17(16)27(22,25)26/h2-11,24H,1H3. The quantitative estimate of drug-likeness (QED) is 0.597. The topological polar surface area (TPSA) is 74.7 Å². The molecule has 7 heteroatoms. The van der Waals surface area contributed by atoms with Crippen molar-refractivity contribution < 1.29 is 18.3 Å². The summed E-state index contributed by atoms with van der Waals surface area (Å²) >= 11 is 3.24. The van der Waals surface area contributed by atoms with Crippen LogP contribution in [0.5, 0.6) is 0 Å². The second-order valence-electron chi connectivity index (χ2n) is 6.20. The highest BCUT2D eigenvalue weighted by Crippen LogP contribution is 2.37. The molecule has 1 aliphatic rings. The van der Waals surface area contributed by atoms with E-state index in [0.717, 1.165) is 15.1 Å². The fourth-order valence-electron chi connectivity index (χ4n) is 3.17. The molecule has 0 saturated carbocycles. The molecule has 0 unspecified atom stereocenters. The minimum atomic E-state index is -3.96. The van der Waals surface area contributed by atoms with Crippen LogP contribution < -0.4 is 0 Å². The lowest BCUT2D eigenvalue weighted by Gasteiger charge is -2.28. The van der Waals surface area contributed by atoms with Gasteiger partial charge in [-0.2, -0.15) is 0 Å². The number of benzene rings is 3. The van der Waals surface area contributed by atoms with Crippen LogP contribution in [-0.2, 0) is 10.0 Å². The monoisotopic (exact) mass is 443 g/mol. The molecule has 0 bridgehead atoms. The molecule has 0 radical (unpaired) electrons. The maximum absolute atomic E-state index is 13.1. The maximum atomic E-state index is 13.1. The second kappa shape index (κ2) is 6.21. The minimum Gasteiger partial charge on any atom is -0.505 e. The average Bonchev–Trinajstić information content (AvgIpc) is 2.66. The first kappa shape index (κ1) is 17.8. The number of sulfonamides is 1. The molecule has 1 N–H and O–H groups in total. The second-order valence-corrected chi connectivity index (χ2v) is 9.05. The number of ketones is 1. The SMILES string of the molecule is CN1C(C(=O)c2ccc3ccccc3c2)=C(O)c2ccc(Br)cc2S1(=O)=O. The fraction of sp³-hybridized carbons (Fsp3) is 0.0500. The Bertz CT molecular complexity index is 1250. The van der Waals surface area contributed by atoms with Gasteiger partial charge in [0.25, 0.3) is 10.0 Å². The number of hydrogen-bond acceptors (Lipinski definition) is 4. The Morgan fingerprint density at radius 2 is 1.70 bits per heavy atom. The van der Waals surface area contributed by atoms with Crippen molar-refractivity contribution in [2.24, 2.45) is 0 Å². The summed E-state index contributed by atoms with van der Waals surface area (Å²) in [7, 11) is -2.69. The molecule has 27 heavy (non-hydrogen) atoms. The number of nitrogens with zero attached hydrogens (tertiary/aromatic N) is 1. The number of aliphatic hydroxyl groups is 1. The van der Waals surface area contributed by atoms with Gasteiger partial charge in [0, 0.05) is 22.6 Å². The summed E-state index contributed by atoms with van der Waals surface area (Å²) < 4.78 is 27.1. The first-order chi connectivity index (χ1) is 12.8. The van der Waals surface area contributed by atoms with E-state index in [4.69, 9.17) is 0 Å². The normalized spacial score (nSPS) is 15.7. The Hall–Kier alpha value is -2.64. The Morgan fingerprint density at radius 3 is 2.44 bits per heavy atom.